The largest absolute Gasteiger partial charge is 0.454 e. The molecule has 4 aromatic rings. The maximum absolute atomic E-state index is 13.1. The van der Waals surface area contributed by atoms with Gasteiger partial charge in [-0.2, -0.15) is 13.2 Å². The van der Waals surface area contributed by atoms with Crippen molar-refractivity contribution in [3.63, 3.8) is 0 Å². The van der Waals surface area contributed by atoms with Crippen molar-refractivity contribution in [2.45, 2.75) is 6.18 Å². The zero-order chi connectivity index (χ0) is 23.3. The maximum atomic E-state index is 13.1. The van der Waals surface area contributed by atoms with Gasteiger partial charge in [0.2, 0.25) is 6.79 Å². The Balaban J connectivity index is 1.45. The van der Waals surface area contributed by atoms with Crippen molar-refractivity contribution in [2.75, 3.05) is 17.8 Å². The monoisotopic (exact) mass is 491 g/mol. The Morgan fingerprint density at radius 2 is 1.88 bits per heavy atom. The normalized spacial score (nSPS) is 12.8. The molecule has 0 saturated heterocycles. The quantitative estimate of drug-likeness (QED) is 0.356. The van der Waals surface area contributed by atoms with Crippen molar-refractivity contribution in [3.8, 4) is 22.8 Å². The number of hydrogen-bond acceptors (Lipinski definition) is 6. The minimum Gasteiger partial charge on any atom is -0.454 e. The Kier molecular flexibility index (Phi) is 5.06. The van der Waals surface area contributed by atoms with E-state index in [4.69, 9.17) is 26.8 Å². The number of hydrogen-bond donors (Lipinski definition) is 2. The van der Waals surface area contributed by atoms with Gasteiger partial charge in [-0.15, -0.1) is 11.3 Å². The molecule has 2 aromatic heterocycles. The van der Waals surface area contributed by atoms with Gasteiger partial charge < -0.3 is 20.5 Å². The van der Waals surface area contributed by atoms with Crippen LogP contribution < -0.4 is 20.5 Å². The van der Waals surface area contributed by atoms with Crippen LogP contribution in [0.5, 0.6) is 11.5 Å². The molecule has 11 heteroatoms. The summed E-state index contributed by atoms with van der Waals surface area (Å²) in [6.45, 7) is 0.156. The number of nitrogens with two attached hydrogens (primary N) is 1. The van der Waals surface area contributed by atoms with E-state index in [1.807, 2.05) is 6.07 Å². The third-order valence-corrected chi connectivity index (χ3v) is 6.44. The lowest BCUT2D eigenvalue weighted by atomic mass is 10.1. The lowest BCUT2D eigenvalue weighted by molar-refractivity contribution is -0.137. The zero-order valence-electron chi connectivity index (χ0n) is 16.5. The number of amides is 1. The van der Waals surface area contributed by atoms with Crippen LogP contribution in [-0.4, -0.2) is 17.7 Å². The van der Waals surface area contributed by atoms with Crippen molar-refractivity contribution < 1.29 is 27.4 Å². The number of thiophene rings is 1. The van der Waals surface area contributed by atoms with Gasteiger partial charge in [-0.1, -0.05) is 11.6 Å². The molecular weight excluding hydrogens is 479 g/mol. The number of alkyl halides is 3. The topological polar surface area (TPSA) is 86.5 Å². The molecule has 0 bridgehead atoms. The van der Waals surface area contributed by atoms with Crippen LogP contribution in [0.3, 0.4) is 0 Å². The number of carbonyl (C=O) groups excluding carboxylic acids is 1. The fourth-order valence-electron chi connectivity index (χ4n) is 3.39. The second-order valence-corrected chi connectivity index (χ2v) is 8.51. The van der Waals surface area contributed by atoms with E-state index in [0.717, 1.165) is 29.0 Å². The second-order valence-electron chi connectivity index (χ2n) is 7.11. The third kappa shape index (κ3) is 3.91. The van der Waals surface area contributed by atoms with E-state index >= 15 is 0 Å². The van der Waals surface area contributed by atoms with E-state index in [2.05, 4.69) is 10.3 Å². The molecule has 0 atom stereocenters. The molecule has 33 heavy (non-hydrogen) atoms. The molecule has 0 aliphatic carbocycles. The molecule has 0 saturated carbocycles. The highest BCUT2D eigenvalue weighted by Crippen LogP contribution is 2.39. The number of rotatable bonds is 3. The van der Waals surface area contributed by atoms with Crippen molar-refractivity contribution in [1.29, 1.82) is 0 Å². The maximum Gasteiger partial charge on any atom is 0.417 e. The van der Waals surface area contributed by atoms with Gasteiger partial charge >= 0.3 is 6.18 Å². The molecule has 0 spiro atoms. The Bertz CT molecular complexity index is 1420. The predicted molar refractivity (Wildman–Crippen MR) is 120 cm³/mol. The summed E-state index contributed by atoms with van der Waals surface area (Å²) in [5, 5.41) is 2.56. The van der Waals surface area contributed by atoms with Gasteiger partial charge in [0, 0.05) is 16.6 Å². The molecular formula is C22H13ClF3N3O3S. The number of carbonyl (C=O) groups is 1. The van der Waals surface area contributed by atoms with E-state index in [0.29, 0.717) is 27.4 Å². The van der Waals surface area contributed by atoms with Gasteiger partial charge in [0.25, 0.3) is 5.91 Å². The molecule has 1 aliphatic heterocycles. The average Bonchev–Trinajstić information content (AvgIpc) is 3.38. The highest BCUT2D eigenvalue weighted by atomic mass is 35.5. The minimum atomic E-state index is -4.65. The number of benzene rings is 2. The molecule has 0 radical (unpaired) electrons. The summed E-state index contributed by atoms with van der Waals surface area (Å²) in [6.07, 6.45) is -4.65. The lowest BCUT2D eigenvalue weighted by Crippen LogP contribution is -2.13. The highest BCUT2D eigenvalue weighted by molar-refractivity contribution is 7.21. The SMILES string of the molecule is Nc1c(C(=O)Nc2ccc(Cl)c(C(F)(F)F)c2)sc2nc(-c3ccc4c(c3)OCO4)ccc12. The predicted octanol–water partition coefficient (Wildman–Crippen LogP) is 6.20. The first-order valence-corrected chi connectivity index (χ1v) is 10.7. The number of fused-ring (bicyclic) bond motifs is 2. The van der Waals surface area contributed by atoms with Crippen molar-refractivity contribution >= 4 is 50.4 Å². The van der Waals surface area contributed by atoms with Crippen LogP contribution in [-0.2, 0) is 6.18 Å². The minimum absolute atomic E-state index is 0.0532. The number of nitrogen functional groups attached to an aromatic ring is 1. The number of aromatic nitrogens is 1. The standard InChI is InChI=1S/C22H13ClF3N3O3S/c23-14-4-2-11(8-13(14)22(24,25)26)28-20(30)19-18(27)12-3-5-15(29-21(12)33-19)10-1-6-16-17(7-10)32-9-31-16/h1-8H,9,27H2,(H,28,30). The van der Waals surface area contributed by atoms with Crippen LogP contribution in [0.1, 0.15) is 15.2 Å². The smallest absolute Gasteiger partial charge is 0.417 e. The first kappa shape index (κ1) is 21.4. The molecule has 2 aromatic carbocycles. The van der Waals surface area contributed by atoms with Crippen LogP contribution in [0.15, 0.2) is 48.5 Å². The zero-order valence-corrected chi connectivity index (χ0v) is 18.1. The van der Waals surface area contributed by atoms with Crippen LogP contribution in [0, 0.1) is 0 Å². The number of pyridine rings is 1. The van der Waals surface area contributed by atoms with Gasteiger partial charge in [-0.25, -0.2) is 4.98 Å². The summed E-state index contributed by atoms with van der Waals surface area (Å²) in [5.74, 6) is 0.618. The first-order chi connectivity index (χ1) is 15.7. The number of nitrogens with one attached hydrogen (secondary N) is 1. The average molecular weight is 492 g/mol. The van der Waals surface area contributed by atoms with Crippen molar-refractivity contribution in [3.05, 3.63) is 64.0 Å². The van der Waals surface area contributed by atoms with Crippen molar-refractivity contribution in [2.24, 2.45) is 0 Å². The van der Waals surface area contributed by atoms with Gasteiger partial charge in [-0.05, 0) is 48.5 Å². The van der Waals surface area contributed by atoms with E-state index in [1.54, 1.807) is 24.3 Å². The Hall–Kier alpha value is -3.50. The fraction of sp³-hybridized carbons (Fsp3) is 0.0909. The van der Waals surface area contributed by atoms with Crippen LogP contribution in [0.4, 0.5) is 24.5 Å². The third-order valence-electron chi connectivity index (χ3n) is 5.00. The van der Waals surface area contributed by atoms with Gasteiger partial charge in [0.15, 0.2) is 11.5 Å². The number of nitrogens with zero attached hydrogens (tertiary/aromatic N) is 1. The van der Waals surface area contributed by atoms with E-state index in [-0.39, 0.29) is 23.0 Å². The van der Waals surface area contributed by atoms with Gasteiger partial charge in [0.05, 0.1) is 22.0 Å². The number of ether oxygens (including phenoxy) is 2. The number of anilines is 2. The molecule has 1 amide bonds. The summed E-state index contributed by atoms with van der Waals surface area (Å²) in [5.41, 5.74) is 6.69. The molecule has 0 unspecified atom stereocenters. The molecule has 6 nitrogen and oxygen atoms in total. The summed E-state index contributed by atoms with van der Waals surface area (Å²) in [7, 11) is 0. The summed E-state index contributed by atoms with van der Waals surface area (Å²) >= 11 is 6.68. The summed E-state index contributed by atoms with van der Waals surface area (Å²) in [4.78, 5) is 18.0. The van der Waals surface area contributed by atoms with Crippen LogP contribution >= 0.6 is 22.9 Å². The Labute approximate surface area is 193 Å². The summed E-state index contributed by atoms with van der Waals surface area (Å²) < 4.78 is 50.0. The molecule has 168 valence electrons. The summed E-state index contributed by atoms with van der Waals surface area (Å²) in [6, 6.07) is 12.1. The Morgan fingerprint density at radius 3 is 2.67 bits per heavy atom. The molecule has 3 heterocycles. The van der Waals surface area contributed by atoms with E-state index < -0.39 is 22.7 Å². The molecule has 0 fully saturated rings. The van der Waals surface area contributed by atoms with Crippen molar-refractivity contribution in [1.82, 2.24) is 4.98 Å². The molecule has 3 N–H and O–H groups in total. The number of halogens is 4. The van der Waals surface area contributed by atoms with Gasteiger partial charge in [-0.3, -0.25) is 4.79 Å². The highest BCUT2D eigenvalue weighted by Gasteiger charge is 2.33. The molecule has 5 rings (SSSR count). The molecule has 1 aliphatic rings. The van der Waals surface area contributed by atoms with Crippen LogP contribution in [0.25, 0.3) is 21.5 Å². The van der Waals surface area contributed by atoms with E-state index in [9.17, 15) is 18.0 Å². The van der Waals surface area contributed by atoms with Crippen LogP contribution in [0.2, 0.25) is 5.02 Å². The van der Waals surface area contributed by atoms with E-state index in [1.165, 1.54) is 6.07 Å². The fourth-order valence-corrected chi connectivity index (χ4v) is 4.60. The van der Waals surface area contributed by atoms with Gasteiger partial charge in [0.1, 0.15) is 9.71 Å². The lowest BCUT2D eigenvalue weighted by Gasteiger charge is -2.11. The Morgan fingerprint density at radius 1 is 1.09 bits per heavy atom. The second kappa shape index (κ2) is 7.82. The first-order valence-electron chi connectivity index (χ1n) is 9.48.